The maximum absolute atomic E-state index is 12.2. The van der Waals surface area contributed by atoms with Gasteiger partial charge in [0.2, 0.25) is 5.91 Å². The van der Waals surface area contributed by atoms with Crippen molar-refractivity contribution in [2.45, 2.75) is 24.5 Å². The highest BCUT2D eigenvalue weighted by Crippen LogP contribution is 2.44. The van der Waals surface area contributed by atoms with Crippen molar-refractivity contribution in [2.24, 2.45) is 0 Å². The van der Waals surface area contributed by atoms with E-state index in [9.17, 15) is 14.4 Å². The number of aliphatic hydroxyl groups is 1. The molecule has 1 aliphatic carbocycles. The first-order chi connectivity index (χ1) is 15.5. The van der Waals surface area contributed by atoms with Crippen LogP contribution in [-0.2, 0) is 19.1 Å². The van der Waals surface area contributed by atoms with E-state index < -0.39 is 36.7 Å². The summed E-state index contributed by atoms with van der Waals surface area (Å²) in [4.78, 5) is 35.2. The standard InChI is InChI=1S/C23H26N2O7/c1-31-20(21(27)25-19(12-26)22(28)29)10-11-24-23(30)32-13-18-16-8-4-2-6-14(16)15-7-3-5-9-17(15)18/h2-9,18-20,26H,10-13H2,1H3,(H,24,30)(H,25,27)(H,28,29)/t19-,20?/m1/s1. The van der Waals surface area contributed by atoms with Crippen LogP contribution in [0.25, 0.3) is 11.1 Å². The molecule has 2 aromatic carbocycles. The summed E-state index contributed by atoms with van der Waals surface area (Å²) in [6, 6.07) is 14.6. The number of nitrogens with one attached hydrogen (secondary N) is 2. The molecule has 0 radical (unpaired) electrons. The minimum Gasteiger partial charge on any atom is -0.480 e. The molecule has 0 fully saturated rings. The first-order valence-electron chi connectivity index (χ1n) is 10.2. The van der Waals surface area contributed by atoms with E-state index in [-0.39, 0.29) is 25.5 Å². The summed E-state index contributed by atoms with van der Waals surface area (Å²) in [7, 11) is 1.30. The number of aliphatic hydroxyl groups excluding tert-OH is 1. The molecule has 170 valence electrons. The lowest BCUT2D eigenvalue weighted by Gasteiger charge is -2.18. The van der Waals surface area contributed by atoms with Gasteiger partial charge in [0.1, 0.15) is 18.8 Å². The van der Waals surface area contributed by atoms with Gasteiger partial charge < -0.3 is 30.3 Å². The normalized spacial score (nSPS) is 14.1. The molecule has 4 N–H and O–H groups in total. The number of amides is 2. The fourth-order valence-electron chi connectivity index (χ4n) is 3.76. The number of carbonyl (C=O) groups excluding carboxylic acids is 2. The van der Waals surface area contributed by atoms with Crippen LogP contribution >= 0.6 is 0 Å². The summed E-state index contributed by atoms with van der Waals surface area (Å²) >= 11 is 0. The molecule has 0 aromatic heterocycles. The first kappa shape index (κ1) is 23.2. The molecule has 0 heterocycles. The maximum atomic E-state index is 12.2. The third-order valence-corrected chi connectivity index (χ3v) is 5.39. The topological polar surface area (TPSA) is 134 Å². The van der Waals surface area contributed by atoms with Crippen LogP contribution < -0.4 is 10.6 Å². The van der Waals surface area contributed by atoms with E-state index in [0.29, 0.717) is 0 Å². The lowest BCUT2D eigenvalue weighted by atomic mass is 9.98. The Bertz CT molecular complexity index is 933. The molecule has 2 atom stereocenters. The predicted octanol–water partition coefficient (Wildman–Crippen LogP) is 1.49. The van der Waals surface area contributed by atoms with Crippen LogP contribution in [0.3, 0.4) is 0 Å². The van der Waals surface area contributed by atoms with E-state index in [0.717, 1.165) is 22.3 Å². The van der Waals surface area contributed by atoms with Crippen LogP contribution in [0.4, 0.5) is 4.79 Å². The van der Waals surface area contributed by atoms with Gasteiger partial charge in [-0.1, -0.05) is 48.5 Å². The fourth-order valence-corrected chi connectivity index (χ4v) is 3.76. The van der Waals surface area contributed by atoms with Gasteiger partial charge in [-0.05, 0) is 22.3 Å². The number of methoxy groups -OCH3 is 1. The molecule has 2 amide bonds. The summed E-state index contributed by atoms with van der Waals surface area (Å²) in [5.41, 5.74) is 4.48. The van der Waals surface area contributed by atoms with Crippen LogP contribution in [0.15, 0.2) is 48.5 Å². The van der Waals surface area contributed by atoms with Gasteiger partial charge in [0, 0.05) is 26.0 Å². The maximum Gasteiger partial charge on any atom is 0.407 e. The van der Waals surface area contributed by atoms with E-state index in [1.165, 1.54) is 7.11 Å². The van der Waals surface area contributed by atoms with E-state index >= 15 is 0 Å². The third-order valence-electron chi connectivity index (χ3n) is 5.39. The van der Waals surface area contributed by atoms with Crippen LogP contribution in [0.5, 0.6) is 0 Å². The number of rotatable bonds is 10. The van der Waals surface area contributed by atoms with Crippen molar-refractivity contribution in [2.75, 3.05) is 26.9 Å². The summed E-state index contributed by atoms with van der Waals surface area (Å²) in [6.07, 6.45) is -1.51. The number of carboxylic acids is 1. The third kappa shape index (κ3) is 5.24. The summed E-state index contributed by atoms with van der Waals surface area (Å²) in [5.74, 6) is -2.10. The van der Waals surface area contributed by atoms with Gasteiger partial charge in [-0.25, -0.2) is 9.59 Å². The minimum atomic E-state index is -1.42. The van der Waals surface area contributed by atoms with E-state index in [1.54, 1.807) is 0 Å². The molecule has 0 aliphatic heterocycles. The van der Waals surface area contributed by atoms with E-state index in [1.807, 2.05) is 36.4 Å². The highest BCUT2D eigenvalue weighted by Gasteiger charge is 2.29. The van der Waals surface area contributed by atoms with Crippen LogP contribution in [0, 0.1) is 0 Å². The molecule has 9 nitrogen and oxygen atoms in total. The van der Waals surface area contributed by atoms with Crippen molar-refractivity contribution in [3.8, 4) is 11.1 Å². The summed E-state index contributed by atoms with van der Waals surface area (Å²) in [6.45, 7) is -0.486. The number of ether oxygens (including phenoxy) is 2. The largest absolute Gasteiger partial charge is 0.480 e. The number of carbonyl (C=O) groups is 3. The van der Waals surface area contributed by atoms with Gasteiger partial charge >= 0.3 is 12.1 Å². The Morgan fingerprint density at radius 3 is 2.16 bits per heavy atom. The Morgan fingerprint density at radius 1 is 1.03 bits per heavy atom. The SMILES string of the molecule is COC(CCNC(=O)OCC1c2ccccc2-c2ccccc21)C(=O)N[C@H](CO)C(=O)O. The number of aliphatic carboxylic acids is 1. The number of alkyl carbamates (subject to hydrolysis) is 1. The second-order valence-electron chi connectivity index (χ2n) is 7.35. The quantitative estimate of drug-likeness (QED) is 0.438. The highest BCUT2D eigenvalue weighted by molar-refractivity contribution is 5.86. The van der Waals surface area contributed by atoms with Crippen molar-refractivity contribution in [3.63, 3.8) is 0 Å². The monoisotopic (exact) mass is 442 g/mol. The van der Waals surface area contributed by atoms with Crippen molar-refractivity contribution < 1.29 is 34.1 Å². The predicted molar refractivity (Wildman–Crippen MR) is 115 cm³/mol. The molecule has 9 heteroatoms. The van der Waals surface area contributed by atoms with Crippen LogP contribution in [-0.4, -0.2) is 67.2 Å². The lowest BCUT2D eigenvalue weighted by molar-refractivity contribution is -0.145. The zero-order chi connectivity index (χ0) is 23.1. The second kappa shape index (κ2) is 10.7. The van der Waals surface area contributed by atoms with Crippen LogP contribution in [0.2, 0.25) is 0 Å². The Kier molecular flexibility index (Phi) is 7.80. The molecule has 0 spiro atoms. The van der Waals surface area contributed by atoms with Gasteiger partial charge in [0.15, 0.2) is 0 Å². The molecular weight excluding hydrogens is 416 g/mol. The Labute approximate surface area is 185 Å². The fraction of sp³-hybridized carbons (Fsp3) is 0.348. The summed E-state index contributed by atoms with van der Waals surface area (Å²) in [5, 5.41) is 22.7. The molecule has 32 heavy (non-hydrogen) atoms. The molecule has 2 aromatic rings. The van der Waals surface area contributed by atoms with Gasteiger partial charge in [-0.3, -0.25) is 4.79 Å². The van der Waals surface area contributed by atoms with Gasteiger partial charge in [-0.15, -0.1) is 0 Å². The molecule has 0 saturated carbocycles. The molecule has 3 rings (SSSR count). The molecule has 1 unspecified atom stereocenters. The van der Waals surface area contributed by atoms with Crippen molar-refractivity contribution in [3.05, 3.63) is 59.7 Å². The molecular formula is C23H26N2O7. The van der Waals surface area contributed by atoms with Gasteiger partial charge in [-0.2, -0.15) is 0 Å². The second-order valence-corrected chi connectivity index (χ2v) is 7.35. The number of hydrogen-bond donors (Lipinski definition) is 4. The van der Waals surface area contributed by atoms with Crippen molar-refractivity contribution in [1.82, 2.24) is 10.6 Å². The Balaban J connectivity index is 1.49. The van der Waals surface area contributed by atoms with Crippen molar-refractivity contribution in [1.29, 1.82) is 0 Å². The molecule has 0 bridgehead atoms. The Hall–Kier alpha value is -3.43. The first-order valence-corrected chi connectivity index (χ1v) is 10.2. The summed E-state index contributed by atoms with van der Waals surface area (Å²) < 4.78 is 10.5. The van der Waals surface area contributed by atoms with E-state index in [4.69, 9.17) is 19.7 Å². The Morgan fingerprint density at radius 2 is 1.62 bits per heavy atom. The zero-order valence-electron chi connectivity index (χ0n) is 17.6. The van der Waals surface area contributed by atoms with Crippen molar-refractivity contribution >= 4 is 18.0 Å². The van der Waals surface area contributed by atoms with E-state index in [2.05, 4.69) is 22.8 Å². The smallest absolute Gasteiger partial charge is 0.407 e. The molecule has 1 aliphatic rings. The van der Waals surface area contributed by atoms with Gasteiger partial charge in [0.05, 0.1) is 6.61 Å². The lowest BCUT2D eigenvalue weighted by Crippen LogP contribution is -2.48. The average Bonchev–Trinajstić information content (AvgIpc) is 3.12. The highest BCUT2D eigenvalue weighted by atomic mass is 16.5. The molecule has 0 saturated heterocycles. The number of hydrogen-bond acceptors (Lipinski definition) is 6. The number of carboxylic acid groups (broad SMARTS) is 1. The number of fused-ring (bicyclic) bond motifs is 3. The van der Waals surface area contributed by atoms with Crippen LogP contribution in [0.1, 0.15) is 23.5 Å². The number of benzene rings is 2. The van der Waals surface area contributed by atoms with Gasteiger partial charge in [0.25, 0.3) is 0 Å². The average molecular weight is 442 g/mol. The zero-order valence-corrected chi connectivity index (χ0v) is 17.6. The minimum absolute atomic E-state index is 0.0583.